The summed E-state index contributed by atoms with van der Waals surface area (Å²) >= 11 is 5.72. The second-order valence-electron chi connectivity index (χ2n) is 7.77. The van der Waals surface area contributed by atoms with Crippen molar-refractivity contribution in [2.75, 3.05) is 14.2 Å². The highest BCUT2D eigenvalue weighted by Gasteiger charge is 2.34. The molecule has 1 aliphatic rings. The van der Waals surface area contributed by atoms with Crippen molar-refractivity contribution in [2.24, 2.45) is 7.05 Å². The Morgan fingerprint density at radius 3 is 2.47 bits per heavy atom. The predicted octanol–water partition coefficient (Wildman–Crippen LogP) is 4.61. The van der Waals surface area contributed by atoms with Gasteiger partial charge in [-0.2, -0.15) is 0 Å². The number of H-pyrrole nitrogens is 1. The quantitative estimate of drug-likeness (QED) is 0.418. The van der Waals surface area contributed by atoms with Crippen LogP contribution in [0.3, 0.4) is 0 Å². The molecule has 0 amide bonds. The predicted molar refractivity (Wildman–Crippen MR) is 119 cm³/mol. The van der Waals surface area contributed by atoms with Crippen LogP contribution in [-0.2, 0) is 13.5 Å². The van der Waals surface area contributed by atoms with E-state index in [1.165, 1.54) is 11.1 Å². The monoisotopic (exact) mass is 421 g/mol. The molecule has 0 radical (unpaired) electrons. The average Bonchev–Trinajstić information content (AvgIpc) is 3.21. The Morgan fingerprint density at radius 1 is 1.10 bits per heavy atom. The van der Waals surface area contributed by atoms with Gasteiger partial charge in [0.2, 0.25) is 5.88 Å². The molecule has 1 atom stereocenters. The van der Waals surface area contributed by atoms with Gasteiger partial charge in [-0.15, -0.1) is 0 Å². The SMILES string of the molecule is COc1cc(OC)cc([C@@H]2c3[nH]c4cc(C)ccc4c3Cc3c(O)n(C)c(=S)n32)c1. The molecule has 5 rings (SSSR count). The van der Waals surface area contributed by atoms with Crippen LogP contribution in [0, 0.1) is 11.7 Å². The molecule has 3 heterocycles. The molecule has 1 aliphatic heterocycles. The van der Waals surface area contributed by atoms with Crippen molar-refractivity contribution in [1.29, 1.82) is 0 Å². The first kappa shape index (κ1) is 18.8. The fraction of sp³-hybridized carbons (Fsp3) is 0.261. The molecule has 2 N–H and O–H groups in total. The Bertz CT molecular complexity index is 1340. The van der Waals surface area contributed by atoms with E-state index in [0.717, 1.165) is 27.9 Å². The van der Waals surface area contributed by atoms with Gasteiger partial charge in [-0.05, 0) is 54.0 Å². The summed E-state index contributed by atoms with van der Waals surface area (Å²) in [5.74, 6) is 1.61. The largest absolute Gasteiger partial charge is 0.497 e. The van der Waals surface area contributed by atoms with Crippen molar-refractivity contribution in [2.45, 2.75) is 19.4 Å². The molecule has 4 aromatic rings. The van der Waals surface area contributed by atoms with Gasteiger partial charge in [0, 0.05) is 36.1 Å². The summed E-state index contributed by atoms with van der Waals surface area (Å²) in [5, 5.41) is 12.0. The van der Waals surface area contributed by atoms with Crippen molar-refractivity contribution in [3.05, 3.63) is 69.2 Å². The first-order valence-corrected chi connectivity index (χ1v) is 10.2. The van der Waals surface area contributed by atoms with Crippen molar-refractivity contribution in [3.63, 3.8) is 0 Å². The molecule has 6 nitrogen and oxygen atoms in total. The van der Waals surface area contributed by atoms with Gasteiger partial charge >= 0.3 is 0 Å². The Hall–Kier alpha value is -3.19. The fourth-order valence-electron chi connectivity index (χ4n) is 4.51. The van der Waals surface area contributed by atoms with Crippen molar-refractivity contribution >= 4 is 23.1 Å². The second kappa shape index (κ2) is 6.67. The maximum absolute atomic E-state index is 10.8. The molecule has 0 spiro atoms. The molecule has 0 bridgehead atoms. The second-order valence-corrected chi connectivity index (χ2v) is 8.14. The van der Waals surface area contributed by atoms with Crippen LogP contribution in [0.4, 0.5) is 0 Å². The van der Waals surface area contributed by atoms with Gasteiger partial charge in [0.1, 0.15) is 17.5 Å². The Kier molecular flexibility index (Phi) is 4.18. The number of methoxy groups -OCH3 is 2. The molecule has 7 heteroatoms. The summed E-state index contributed by atoms with van der Waals surface area (Å²) in [5.41, 5.74) is 6.30. The van der Waals surface area contributed by atoms with Gasteiger partial charge in [0.25, 0.3) is 0 Å². The minimum Gasteiger partial charge on any atom is -0.497 e. The number of benzene rings is 2. The lowest BCUT2D eigenvalue weighted by atomic mass is 9.92. The highest BCUT2D eigenvalue weighted by Crippen LogP contribution is 2.43. The lowest BCUT2D eigenvalue weighted by Crippen LogP contribution is -2.22. The molecule has 0 fully saturated rings. The average molecular weight is 422 g/mol. The molecular formula is C23H23N3O3S. The molecular weight excluding hydrogens is 398 g/mol. The van der Waals surface area contributed by atoms with Crippen molar-refractivity contribution in [1.82, 2.24) is 14.1 Å². The summed E-state index contributed by atoms with van der Waals surface area (Å²) < 4.78 is 15.3. The first-order valence-electron chi connectivity index (χ1n) is 9.76. The maximum atomic E-state index is 10.8. The number of aryl methyl sites for hydroxylation is 1. The number of fused-ring (bicyclic) bond motifs is 4. The van der Waals surface area contributed by atoms with Crippen LogP contribution in [0.1, 0.15) is 34.1 Å². The van der Waals surface area contributed by atoms with E-state index in [9.17, 15) is 5.11 Å². The number of hydrogen-bond donors (Lipinski definition) is 2. The molecule has 2 aromatic heterocycles. The minimum atomic E-state index is -0.236. The molecule has 30 heavy (non-hydrogen) atoms. The van der Waals surface area contributed by atoms with Crippen LogP contribution in [0.15, 0.2) is 36.4 Å². The number of aromatic nitrogens is 3. The fourth-order valence-corrected chi connectivity index (χ4v) is 4.82. The lowest BCUT2D eigenvalue weighted by molar-refractivity contribution is 0.392. The number of ether oxygens (including phenoxy) is 2. The van der Waals surface area contributed by atoms with Crippen molar-refractivity contribution < 1.29 is 14.6 Å². The van der Waals surface area contributed by atoms with E-state index in [-0.39, 0.29) is 11.9 Å². The van der Waals surface area contributed by atoms with E-state index < -0.39 is 0 Å². The summed E-state index contributed by atoms with van der Waals surface area (Å²) in [7, 11) is 5.08. The van der Waals surface area contributed by atoms with E-state index in [0.29, 0.717) is 22.7 Å². The van der Waals surface area contributed by atoms with Crippen LogP contribution < -0.4 is 9.47 Å². The number of imidazole rings is 1. The minimum absolute atomic E-state index is 0.201. The third kappa shape index (κ3) is 2.58. The number of rotatable bonds is 3. The van der Waals surface area contributed by atoms with Crippen molar-refractivity contribution in [3.8, 4) is 17.4 Å². The molecule has 0 aliphatic carbocycles. The Labute approximate surface area is 179 Å². The molecule has 154 valence electrons. The standard InChI is InChI=1S/C23H23N3O3S/c1-12-5-6-16-17-11-19-22(27)25(2)23(30)26(19)21(20(17)24-18(16)7-12)13-8-14(28-3)10-15(9-13)29-4/h5-10,21,24,27H,11H2,1-4H3/t21-/m1/s1. The lowest BCUT2D eigenvalue weighted by Gasteiger charge is -2.27. The normalized spacial score (nSPS) is 15.1. The molecule has 0 unspecified atom stereocenters. The van der Waals surface area contributed by atoms with Gasteiger partial charge in [-0.3, -0.25) is 4.57 Å². The van der Waals surface area contributed by atoms with E-state index in [1.807, 2.05) is 22.8 Å². The van der Waals surface area contributed by atoms with Gasteiger partial charge in [0.05, 0.1) is 19.9 Å². The zero-order valence-electron chi connectivity index (χ0n) is 17.3. The summed E-state index contributed by atoms with van der Waals surface area (Å²) in [4.78, 5) is 3.64. The van der Waals surface area contributed by atoms with Crippen LogP contribution >= 0.6 is 12.2 Å². The first-order chi connectivity index (χ1) is 14.4. The number of nitrogens with zero attached hydrogens (tertiary/aromatic N) is 2. The van der Waals surface area contributed by atoms with Crippen LogP contribution in [0.25, 0.3) is 10.9 Å². The smallest absolute Gasteiger partial charge is 0.213 e. The van der Waals surface area contributed by atoms with Gasteiger partial charge in [-0.25, -0.2) is 0 Å². The summed E-state index contributed by atoms with van der Waals surface area (Å²) in [6.07, 6.45) is 0.603. The number of aromatic hydroxyl groups is 1. The summed E-state index contributed by atoms with van der Waals surface area (Å²) in [6, 6.07) is 12.0. The molecule has 2 aromatic carbocycles. The van der Waals surface area contributed by atoms with Gasteiger partial charge in [0.15, 0.2) is 4.77 Å². The summed E-state index contributed by atoms with van der Waals surface area (Å²) in [6.45, 7) is 2.08. The zero-order valence-corrected chi connectivity index (χ0v) is 18.1. The van der Waals surface area contributed by atoms with E-state index >= 15 is 0 Å². The highest BCUT2D eigenvalue weighted by molar-refractivity contribution is 7.71. The zero-order chi connectivity index (χ0) is 21.2. The number of aromatic amines is 1. The number of nitrogens with one attached hydrogen (secondary N) is 1. The Balaban J connectivity index is 1.86. The third-order valence-electron chi connectivity index (χ3n) is 6.02. The van der Waals surface area contributed by atoms with Crippen LogP contribution in [0.2, 0.25) is 0 Å². The van der Waals surface area contributed by atoms with Gasteiger partial charge in [-0.1, -0.05) is 12.1 Å². The molecule has 0 saturated heterocycles. The third-order valence-corrected chi connectivity index (χ3v) is 6.49. The Morgan fingerprint density at radius 2 is 1.80 bits per heavy atom. The van der Waals surface area contributed by atoms with E-state index in [2.05, 4.69) is 30.1 Å². The van der Waals surface area contributed by atoms with Crippen LogP contribution in [0.5, 0.6) is 17.4 Å². The maximum Gasteiger partial charge on any atom is 0.213 e. The topological polar surface area (TPSA) is 64.3 Å². The van der Waals surface area contributed by atoms with Crippen LogP contribution in [-0.4, -0.2) is 33.4 Å². The number of hydrogen-bond acceptors (Lipinski definition) is 4. The van der Waals surface area contributed by atoms with Gasteiger partial charge < -0.3 is 24.1 Å². The van der Waals surface area contributed by atoms with E-state index in [1.54, 1.807) is 25.8 Å². The molecule has 0 saturated carbocycles. The van der Waals surface area contributed by atoms with E-state index in [4.69, 9.17) is 21.7 Å². The highest BCUT2D eigenvalue weighted by atomic mass is 32.1.